The predicted octanol–water partition coefficient (Wildman–Crippen LogP) is 2.89. The van der Waals surface area contributed by atoms with Crippen LogP contribution in [0.3, 0.4) is 0 Å². The van der Waals surface area contributed by atoms with E-state index in [0.717, 1.165) is 19.7 Å². The molecule has 0 aliphatic rings. The zero-order valence-corrected chi connectivity index (χ0v) is 10.6. The molecule has 0 spiro atoms. The third-order valence-corrected chi connectivity index (χ3v) is 2.83. The van der Waals surface area contributed by atoms with Gasteiger partial charge in [0.15, 0.2) is 0 Å². The molecule has 0 aromatic heterocycles. The maximum atomic E-state index is 5.02. The van der Waals surface area contributed by atoms with Crippen LogP contribution in [-0.2, 0) is 11.3 Å². The summed E-state index contributed by atoms with van der Waals surface area (Å²) in [7, 11) is 1.72. The van der Waals surface area contributed by atoms with Crippen molar-refractivity contribution < 1.29 is 4.74 Å². The Balaban J connectivity index is 2.11. The minimum absolute atomic E-state index is 0.733. The van der Waals surface area contributed by atoms with E-state index >= 15 is 0 Å². The molecule has 2 heteroatoms. The largest absolute Gasteiger partial charge is 0.383 e. The molecule has 0 saturated carbocycles. The molecule has 93 valence electrons. The zero-order valence-electron chi connectivity index (χ0n) is 10.6. The van der Waals surface area contributed by atoms with Crippen LogP contribution < -0.4 is 5.32 Å². The lowest BCUT2D eigenvalue weighted by Crippen LogP contribution is -2.18. The van der Waals surface area contributed by atoms with Crippen molar-refractivity contribution >= 4 is 0 Å². The molecule has 0 saturated heterocycles. The highest BCUT2D eigenvalue weighted by Gasteiger charge is 2.03. The summed E-state index contributed by atoms with van der Waals surface area (Å²) in [4.78, 5) is 0. The molecule has 0 aliphatic carbocycles. The molecule has 0 unspecified atom stereocenters. The van der Waals surface area contributed by atoms with Crippen molar-refractivity contribution in [3.8, 4) is 11.1 Å². The monoisotopic (exact) mass is 240 g/mol. The summed E-state index contributed by atoms with van der Waals surface area (Å²) in [5.74, 6) is 0. The third-order valence-electron chi connectivity index (χ3n) is 2.83. The third kappa shape index (κ3) is 3.42. The maximum absolute atomic E-state index is 5.02. The topological polar surface area (TPSA) is 21.3 Å². The zero-order chi connectivity index (χ0) is 12.6. The molecule has 0 atom stereocenters. The first-order chi connectivity index (χ1) is 8.92. The average Bonchev–Trinajstić information content (AvgIpc) is 2.45. The lowest BCUT2D eigenvalue weighted by atomic mass is 10.00. The van der Waals surface area contributed by atoms with Gasteiger partial charge in [-0.1, -0.05) is 42.5 Å². The fourth-order valence-electron chi connectivity index (χ4n) is 1.91. The number of hydrogen-bond donors (Lipinski definition) is 1. The van der Waals surface area contributed by atoms with Gasteiger partial charge in [0.25, 0.3) is 0 Å². The Labute approximate surface area is 109 Å². The van der Waals surface area contributed by atoms with Crippen LogP contribution in [0.4, 0.5) is 0 Å². The van der Waals surface area contributed by atoms with Crippen LogP contribution in [0.2, 0.25) is 0 Å². The van der Waals surface area contributed by atoms with Gasteiger partial charge in [0, 0.05) is 20.2 Å². The molecule has 0 heterocycles. The second-order valence-electron chi connectivity index (χ2n) is 4.12. The van der Waals surface area contributed by atoms with Crippen molar-refractivity contribution in [2.45, 2.75) is 6.54 Å². The van der Waals surface area contributed by atoms with Crippen LogP contribution in [0.25, 0.3) is 11.1 Å². The molecule has 2 nitrogen and oxygen atoms in total. The Hall–Kier alpha value is -1.64. The Bertz CT molecular complexity index is 468. The summed E-state index contributed by atoms with van der Waals surface area (Å²) in [5, 5.41) is 3.37. The summed E-state index contributed by atoms with van der Waals surface area (Å²) >= 11 is 0. The second kappa shape index (κ2) is 6.94. The van der Waals surface area contributed by atoms with Crippen molar-refractivity contribution in [1.29, 1.82) is 0 Å². The van der Waals surface area contributed by atoms with E-state index in [1.807, 2.05) is 18.2 Å². The molecule has 0 fully saturated rings. The van der Waals surface area contributed by atoms with Crippen molar-refractivity contribution in [1.82, 2.24) is 5.32 Å². The van der Waals surface area contributed by atoms with E-state index in [2.05, 4.69) is 41.7 Å². The second-order valence-corrected chi connectivity index (χ2v) is 4.12. The first-order valence-electron chi connectivity index (χ1n) is 6.16. The summed E-state index contributed by atoms with van der Waals surface area (Å²) in [6.07, 6.45) is 0. The van der Waals surface area contributed by atoms with Crippen LogP contribution in [0, 0.1) is 6.07 Å². The standard InChI is InChI=1S/C16H18NO/c1-18-12-11-17-13-15-9-5-6-10-16(15)14-7-3-2-4-8-14/h2-4,6-10,17H,11-13H2,1H3. The smallest absolute Gasteiger partial charge is 0.0587 e. The van der Waals surface area contributed by atoms with Gasteiger partial charge in [0.2, 0.25) is 0 Å². The highest BCUT2D eigenvalue weighted by Crippen LogP contribution is 2.22. The van der Waals surface area contributed by atoms with E-state index in [0.29, 0.717) is 0 Å². The molecule has 1 N–H and O–H groups in total. The Kier molecular flexibility index (Phi) is 4.94. The highest BCUT2D eigenvalue weighted by atomic mass is 16.5. The predicted molar refractivity (Wildman–Crippen MR) is 74.3 cm³/mol. The van der Waals surface area contributed by atoms with Gasteiger partial charge in [-0.15, -0.1) is 0 Å². The van der Waals surface area contributed by atoms with Gasteiger partial charge < -0.3 is 10.1 Å². The number of ether oxygens (including phenoxy) is 1. The highest BCUT2D eigenvalue weighted by molar-refractivity contribution is 5.67. The minimum atomic E-state index is 0.733. The van der Waals surface area contributed by atoms with E-state index in [1.54, 1.807) is 7.11 Å². The fraction of sp³-hybridized carbons (Fsp3) is 0.250. The van der Waals surface area contributed by atoms with Crippen LogP contribution in [0.15, 0.2) is 48.5 Å². The van der Waals surface area contributed by atoms with Crippen LogP contribution in [0.1, 0.15) is 5.56 Å². The van der Waals surface area contributed by atoms with E-state index in [1.165, 1.54) is 16.7 Å². The van der Waals surface area contributed by atoms with Crippen molar-refractivity contribution in [2.75, 3.05) is 20.3 Å². The van der Waals surface area contributed by atoms with Gasteiger partial charge >= 0.3 is 0 Å². The lowest BCUT2D eigenvalue weighted by molar-refractivity contribution is 0.199. The molecule has 2 aromatic rings. The minimum Gasteiger partial charge on any atom is -0.383 e. The molecule has 0 aliphatic heterocycles. The number of nitrogens with one attached hydrogen (secondary N) is 1. The van der Waals surface area contributed by atoms with Crippen LogP contribution >= 0.6 is 0 Å². The average molecular weight is 240 g/mol. The van der Waals surface area contributed by atoms with Crippen molar-refractivity contribution in [3.63, 3.8) is 0 Å². The van der Waals surface area contributed by atoms with Gasteiger partial charge in [0.1, 0.15) is 0 Å². The van der Waals surface area contributed by atoms with E-state index in [9.17, 15) is 0 Å². The number of methoxy groups -OCH3 is 1. The molecule has 18 heavy (non-hydrogen) atoms. The van der Waals surface area contributed by atoms with Crippen LogP contribution in [-0.4, -0.2) is 20.3 Å². The van der Waals surface area contributed by atoms with Gasteiger partial charge in [-0.05, 0) is 28.8 Å². The van der Waals surface area contributed by atoms with E-state index < -0.39 is 0 Å². The molecule has 0 amide bonds. The van der Waals surface area contributed by atoms with Crippen LogP contribution in [0.5, 0.6) is 0 Å². The van der Waals surface area contributed by atoms with Gasteiger partial charge in [-0.3, -0.25) is 0 Å². The van der Waals surface area contributed by atoms with Crippen molar-refractivity contribution in [2.24, 2.45) is 0 Å². The first kappa shape index (κ1) is 12.8. The van der Waals surface area contributed by atoms with Gasteiger partial charge in [0.05, 0.1) is 6.61 Å². The van der Waals surface area contributed by atoms with Gasteiger partial charge in [-0.25, -0.2) is 0 Å². The molecule has 1 radical (unpaired) electrons. The molecule has 0 bridgehead atoms. The molecular weight excluding hydrogens is 222 g/mol. The lowest BCUT2D eigenvalue weighted by Gasteiger charge is -2.10. The van der Waals surface area contributed by atoms with Crippen molar-refractivity contribution in [3.05, 3.63) is 60.2 Å². The summed E-state index contributed by atoms with van der Waals surface area (Å²) in [6.45, 7) is 2.43. The molecular formula is C16H18NO. The van der Waals surface area contributed by atoms with E-state index in [-0.39, 0.29) is 0 Å². The Morgan fingerprint density at radius 2 is 2.00 bits per heavy atom. The molecule has 2 rings (SSSR count). The summed E-state index contributed by atoms with van der Waals surface area (Å²) < 4.78 is 5.02. The maximum Gasteiger partial charge on any atom is 0.0587 e. The Morgan fingerprint density at radius 3 is 2.78 bits per heavy atom. The number of rotatable bonds is 6. The summed E-state index contributed by atoms with van der Waals surface area (Å²) in [6, 6.07) is 19.7. The Morgan fingerprint density at radius 1 is 1.17 bits per heavy atom. The first-order valence-corrected chi connectivity index (χ1v) is 6.16. The quantitative estimate of drug-likeness (QED) is 0.784. The summed E-state index contributed by atoms with van der Waals surface area (Å²) in [5.41, 5.74) is 3.77. The van der Waals surface area contributed by atoms with E-state index in [4.69, 9.17) is 4.74 Å². The normalized spacial score (nSPS) is 10.5. The molecule has 2 aromatic carbocycles. The number of hydrogen-bond acceptors (Lipinski definition) is 2. The number of benzene rings is 2. The van der Waals surface area contributed by atoms with Gasteiger partial charge in [-0.2, -0.15) is 0 Å². The fourth-order valence-corrected chi connectivity index (χ4v) is 1.91. The SMILES string of the molecule is COCCNCc1c[c]ccc1-c1ccccc1.